The van der Waals surface area contributed by atoms with Crippen LogP contribution < -0.4 is 5.56 Å². The predicted molar refractivity (Wildman–Crippen MR) is 56.9 cm³/mol. The molecule has 16 heavy (non-hydrogen) atoms. The van der Waals surface area contributed by atoms with Gasteiger partial charge in [0, 0.05) is 24.8 Å². The third-order valence-electron chi connectivity index (χ3n) is 3.21. The summed E-state index contributed by atoms with van der Waals surface area (Å²) in [6.07, 6.45) is 0.0187. The first-order valence-corrected chi connectivity index (χ1v) is 5.29. The van der Waals surface area contributed by atoms with E-state index in [4.69, 9.17) is 5.11 Å². The first-order valence-electron chi connectivity index (χ1n) is 5.29. The highest BCUT2D eigenvalue weighted by atomic mass is 16.3. The van der Waals surface area contributed by atoms with Gasteiger partial charge in [-0.25, -0.2) is 0 Å². The summed E-state index contributed by atoms with van der Waals surface area (Å²) in [6, 6.07) is 4.28. The third kappa shape index (κ3) is 1.77. The number of hydrogen-bond acceptors (Lipinski definition) is 4. The van der Waals surface area contributed by atoms with Crippen molar-refractivity contribution in [3.63, 3.8) is 0 Å². The monoisotopic (exact) mass is 225 g/mol. The fraction of sp³-hybridized carbons (Fsp3) is 0.545. The molecule has 1 heterocycles. The highest BCUT2D eigenvalue weighted by Crippen LogP contribution is 2.34. The summed E-state index contributed by atoms with van der Waals surface area (Å²) >= 11 is 0. The van der Waals surface area contributed by atoms with Gasteiger partial charge in [0.25, 0.3) is 5.56 Å². The molecule has 0 spiro atoms. The van der Waals surface area contributed by atoms with E-state index in [-0.39, 0.29) is 18.1 Å². The SMILES string of the molecule is O=c1ccccn1C1CC(CO)C(O)C1O. The maximum Gasteiger partial charge on any atom is 0.250 e. The molecule has 1 aliphatic rings. The van der Waals surface area contributed by atoms with Crippen LogP contribution in [-0.4, -0.2) is 38.7 Å². The lowest BCUT2D eigenvalue weighted by Crippen LogP contribution is -2.33. The van der Waals surface area contributed by atoms with Gasteiger partial charge in [-0.3, -0.25) is 4.79 Å². The molecule has 0 amide bonds. The van der Waals surface area contributed by atoms with Crippen LogP contribution in [0.15, 0.2) is 29.2 Å². The van der Waals surface area contributed by atoms with Crippen LogP contribution in [0.3, 0.4) is 0 Å². The maximum absolute atomic E-state index is 11.6. The van der Waals surface area contributed by atoms with Gasteiger partial charge in [0.15, 0.2) is 0 Å². The predicted octanol–water partition coefficient (Wildman–Crippen LogP) is -0.877. The van der Waals surface area contributed by atoms with Crippen molar-refractivity contribution in [2.75, 3.05) is 6.61 Å². The van der Waals surface area contributed by atoms with Crippen LogP contribution in [-0.2, 0) is 0 Å². The van der Waals surface area contributed by atoms with Crippen molar-refractivity contribution in [2.45, 2.75) is 24.7 Å². The van der Waals surface area contributed by atoms with Crippen molar-refractivity contribution in [3.8, 4) is 0 Å². The molecule has 1 aromatic heterocycles. The molecule has 0 bridgehead atoms. The van der Waals surface area contributed by atoms with Crippen molar-refractivity contribution < 1.29 is 15.3 Å². The number of pyridine rings is 1. The molecule has 0 radical (unpaired) electrons. The van der Waals surface area contributed by atoms with Crippen LogP contribution in [0.4, 0.5) is 0 Å². The summed E-state index contributed by atoms with van der Waals surface area (Å²) < 4.78 is 1.41. The Morgan fingerprint density at radius 1 is 1.31 bits per heavy atom. The summed E-state index contributed by atoms with van der Waals surface area (Å²) in [7, 11) is 0. The Labute approximate surface area is 92.6 Å². The lowest BCUT2D eigenvalue weighted by atomic mass is 10.1. The molecule has 4 atom stereocenters. The van der Waals surface area contributed by atoms with Crippen molar-refractivity contribution in [2.24, 2.45) is 5.92 Å². The third-order valence-corrected chi connectivity index (χ3v) is 3.21. The van der Waals surface area contributed by atoms with E-state index in [9.17, 15) is 15.0 Å². The lowest BCUT2D eigenvalue weighted by Gasteiger charge is -2.18. The van der Waals surface area contributed by atoms with E-state index < -0.39 is 18.2 Å². The van der Waals surface area contributed by atoms with E-state index in [2.05, 4.69) is 0 Å². The topological polar surface area (TPSA) is 82.7 Å². The van der Waals surface area contributed by atoms with E-state index in [1.165, 1.54) is 10.6 Å². The fourth-order valence-corrected chi connectivity index (χ4v) is 2.27. The van der Waals surface area contributed by atoms with Gasteiger partial charge in [0.2, 0.25) is 0 Å². The molecule has 5 nitrogen and oxygen atoms in total. The van der Waals surface area contributed by atoms with Crippen LogP contribution in [0.2, 0.25) is 0 Å². The molecule has 1 aromatic rings. The highest BCUT2D eigenvalue weighted by molar-refractivity contribution is 5.01. The van der Waals surface area contributed by atoms with Crippen LogP contribution in [0, 0.1) is 5.92 Å². The molecule has 5 heteroatoms. The number of aromatic nitrogens is 1. The molecule has 1 aliphatic carbocycles. The summed E-state index contributed by atoms with van der Waals surface area (Å²) in [6.45, 7) is -0.184. The molecule has 1 saturated carbocycles. The largest absolute Gasteiger partial charge is 0.396 e. The van der Waals surface area contributed by atoms with Crippen molar-refractivity contribution in [1.29, 1.82) is 0 Å². The Hall–Kier alpha value is -1.17. The lowest BCUT2D eigenvalue weighted by molar-refractivity contribution is -0.00441. The summed E-state index contributed by atoms with van der Waals surface area (Å²) in [5.41, 5.74) is -0.211. The van der Waals surface area contributed by atoms with Crippen molar-refractivity contribution >= 4 is 0 Å². The molecule has 3 N–H and O–H groups in total. The van der Waals surface area contributed by atoms with E-state index >= 15 is 0 Å². The average molecular weight is 225 g/mol. The summed E-state index contributed by atoms with van der Waals surface area (Å²) in [5, 5.41) is 28.5. The quantitative estimate of drug-likeness (QED) is 0.610. The number of nitrogens with zero attached hydrogens (tertiary/aromatic N) is 1. The molecule has 4 unspecified atom stereocenters. The van der Waals surface area contributed by atoms with Gasteiger partial charge in [-0.15, -0.1) is 0 Å². The molecule has 0 saturated heterocycles. The molecule has 1 fully saturated rings. The number of hydrogen-bond donors (Lipinski definition) is 3. The van der Waals surface area contributed by atoms with E-state index in [1.54, 1.807) is 18.3 Å². The Kier molecular flexibility index (Phi) is 3.09. The van der Waals surface area contributed by atoms with Gasteiger partial charge < -0.3 is 19.9 Å². The minimum absolute atomic E-state index is 0.184. The summed E-state index contributed by atoms with van der Waals surface area (Å²) in [4.78, 5) is 11.6. The van der Waals surface area contributed by atoms with E-state index in [0.717, 1.165) is 0 Å². The fourth-order valence-electron chi connectivity index (χ4n) is 2.27. The van der Waals surface area contributed by atoms with Gasteiger partial charge in [-0.1, -0.05) is 6.07 Å². The average Bonchev–Trinajstić information content (AvgIpc) is 2.57. The van der Waals surface area contributed by atoms with Crippen LogP contribution >= 0.6 is 0 Å². The maximum atomic E-state index is 11.6. The van der Waals surface area contributed by atoms with Crippen molar-refractivity contribution in [1.82, 2.24) is 4.57 Å². The zero-order valence-corrected chi connectivity index (χ0v) is 8.73. The normalized spacial score (nSPS) is 34.2. The molecule has 0 aromatic carbocycles. The van der Waals surface area contributed by atoms with Crippen LogP contribution in [0.25, 0.3) is 0 Å². The number of aliphatic hydroxyl groups excluding tert-OH is 3. The van der Waals surface area contributed by atoms with Gasteiger partial charge in [-0.05, 0) is 12.5 Å². The van der Waals surface area contributed by atoms with E-state index in [1.807, 2.05) is 0 Å². The second-order valence-corrected chi connectivity index (χ2v) is 4.17. The standard InChI is InChI=1S/C11H15NO4/c13-6-7-5-8(11(16)10(7)15)12-4-2-1-3-9(12)14/h1-4,7-8,10-11,13,15-16H,5-6H2. The first-order chi connectivity index (χ1) is 7.65. The van der Waals surface area contributed by atoms with Gasteiger partial charge in [0.1, 0.15) is 6.10 Å². The Morgan fingerprint density at radius 3 is 2.62 bits per heavy atom. The zero-order valence-electron chi connectivity index (χ0n) is 8.73. The molecular weight excluding hydrogens is 210 g/mol. The number of rotatable bonds is 2. The smallest absolute Gasteiger partial charge is 0.250 e. The van der Waals surface area contributed by atoms with Crippen molar-refractivity contribution in [3.05, 3.63) is 34.7 Å². The highest BCUT2D eigenvalue weighted by Gasteiger charge is 2.42. The van der Waals surface area contributed by atoms with Crippen LogP contribution in [0.1, 0.15) is 12.5 Å². The molecule has 2 rings (SSSR count). The minimum atomic E-state index is -1.00. The Morgan fingerprint density at radius 2 is 2.06 bits per heavy atom. The van der Waals surface area contributed by atoms with Gasteiger partial charge in [-0.2, -0.15) is 0 Å². The summed E-state index contributed by atoms with van der Waals surface area (Å²) in [5.74, 6) is -0.368. The first kappa shape index (κ1) is 11.3. The van der Waals surface area contributed by atoms with E-state index in [0.29, 0.717) is 6.42 Å². The Bertz CT molecular complexity index is 416. The van der Waals surface area contributed by atoms with Gasteiger partial charge in [0.05, 0.1) is 12.1 Å². The van der Waals surface area contributed by atoms with Crippen LogP contribution in [0.5, 0.6) is 0 Å². The minimum Gasteiger partial charge on any atom is -0.396 e. The molecule has 0 aliphatic heterocycles. The second kappa shape index (κ2) is 4.37. The molecule has 88 valence electrons. The Balaban J connectivity index is 2.30. The zero-order chi connectivity index (χ0) is 11.7. The second-order valence-electron chi connectivity index (χ2n) is 4.17. The van der Waals surface area contributed by atoms with Gasteiger partial charge >= 0.3 is 0 Å². The molecular formula is C11H15NO4. The number of aliphatic hydroxyl groups is 3.